The lowest BCUT2D eigenvalue weighted by atomic mass is 9.93. The standard InChI is InChI=1S/C32H33Cl2F2N5O4/c1-16(2)18-10-11-37-24(17(3)4)26(18)41-27-21(12-20(34)25(38-27)23-19(33)8-7-9-22(23)42)40(28(43)29(41)44)15-32(36)13-39(14-32)30(45)31(5,6)35/h7-12,16-17,42H,13-15H2,1-6H3. The molecule has 4 heterocycles. The molecule has 1 amide bonds. The first kappa shape index (κ1) is 32.6. The van der Waals surface area contributed by atoms with Crippen molar-refractivity contribution >= 4 is 40.3 Å². The molecule has 0 atom stereocenters. The lowest BCUT2D eigenvalue weighted by Gasteiger charge is -2.46. The van der Waals surface area contributed by atoms with Crippen molar-refractivity contribution in [3.63, 3.8) is 0 Å². The second kappa shape index (κ2) is 11.5. The van der Waals surface area contributed by atoms with Crippen molar-refractivity contribution < 1.29 is 18.7 Å². The van der Waals surface area contributed by atoms with Crippen molar-refractivity contribution in [2.24, 2.45) is 0 Å². The average Bonchev–Trinajstić information content (AvgIpc) is 2.93. The summed E-state index contributed by atoms with van der Waals surface area (Å²) in [6.07, 6.45) is 1.63. The van der Waals surface area contributed by atoms with E-state index >= 15 is 4.39 Å². The van der Waals surface area contributed by atoms with Gasteiger partial charge < -0.3 is 10.0 Å². The van der Waals surface area contributed by atoms with E-state index in [1.54, 1.807) is 18.3 Å². The van der Waals surface area contributed by atoms with E-state index in [1.807, 2.05) is 27.7 Å². The summed E-state index contributed by atoms with van der Waals surface area (Å²) in [5.41, 5.74) is -4.65. The maximum atomic E-state index is 16.0. The quantitative estimate of drug-likeness (QED) is 0.238. The van der Waals surface area contributed by atoms with Gasteiger partial charge in [0.2, 0.25) is 0 Å². The minimum atomic E-state index is -2.20. The smallest absolute Gasteiger partial charge is 0.322 e. The van der Waals surface area contributed by atoms with Crippen molar-refractivity contribution in [1.29, 1.82) is 0 Å². The molecule has 4 aromatic rings. The van der Waals surface area contributed by atoms with Crippen LogP contribution in [0.15, 0.2) is 46.1 Å². The van der Waals surface area contributed by atoms with E-state index in [1.165, 1.54) is 22.8 Å². The predicted molar refractivity (Wildman–Crippen MR) is 170 cm³/mol. The van der Waals surface area contributed by atoms with Crippen molar-refractivity contribution in [3.05, 3.63) is 78.5 Å². The van der Waals surface area contributed by atoms with E-state index in [2.05, 4.69) is 4.98 Å². The van der Waals surface area contributed by atoms with Crippen molar-refractivity contribution in [2.45, 2.75) is 71.3 Å². The number of phenolic OH excluding ortho intramolecular Hbond substituents is 1. The molecule has 1 aromatic carbocycles. The number of nitrogens with zero attached hydrogens (tertiary/aromatic N) is 5. The topological polar surface area (TPSA) is 110 Å². The van der Waals surface area contributed by atoms with E-state index in [0.717, 1.165) is 28.9 Å². The largest absolute Gasteiger partial charge is 0.507 e. The highest BCUT2D eigenvalue weighted by Gasteiger charge is 2.50. The number of pyridine rings is 2. The molecule has 0 bridgehead atoms. The second-order valence-electron chi connectivity index (χ2n) is 12.6. The molecule has 0 unspecified atom stereocenters. The van der Waals surface area contributed by atoms with E-state index in [4.69, 9.17) is 28.2 Å². The highest BCUT2D eigenvalue weighted by atomic mass is 35.5. The molecule has 1 saturated heterocycles. The highest BCUT2D eigenvalue weighted by molar-refractivity contribution is 6.37. The van der Waals surface area contributed by atoms with Crippen LogP contribution in [-0.4, -0.2) is 59.4 Å². The lowest BCUT2D eigenvalue weighted by Crippen LogP contribution is -2.66. The Labute approximate surface area is 268 Å². The van der Waals surface area contributed by atoms with Crippen LogP contribution in [0.2, 0.25) is 10.0 Å². The lowest BCUT2D eigenvalue weighted by molar-refractivity contribution is -0.157. The molecule has 0 aliphatic carbocycles. The Morgan fingerprint density at radius 2 is 1.73 bits per heavy atom. The maximum absolute atomic E-state index is 16.0. The fourth-order valence-electron chi connectivity index (χ4n) is 5.69. The number of alkyl halides is 2. The average molecular weight is 661 g/mol. The summed E-state index contributed by atoms with van der Waals surface area (Å²) >= 11 is 13.2. The van der Waals surface area contributed by atoms with Crippen LogP contribution in [0, 0.1) is 0 Å². The van der Waals surface area contributed by atoms with Gasteiger partial charge >= 0.3 is 11.1 Å². The Bertz CT molecular complexity index is 1910. The SMILES string of the molecule is CC(C)c1ccnc(C(C)C)c1-n1c(=O)c(=O)n(CC2(F)CN(C(=O)C(C)(C)F)C2)c2cc(Cl)c(-c3c(O)cccc3Cl)nc21. The number of phenols is 1. The zero-order chi connectivity index (χ0) is 33.2. The maximum Gasteiger partial charge on any atom is 0.322 e. The molecule has 5 rings (SSSR count). The Kier molecular flexibility index (Phi) is 8.33. The summed E-state index contributed by atoms with van der Waals surface area (Å²) < 4.78 is 32.4. The van der Waals surface area contributed by atoms with Crippen LogP contribution in [0.5, 0.6) is 5.75 Å². The third kappa shape index (κ3) is 5.72. The van der Waals surface area contributed by atoms with Crippen molar-refractivity contribution in [2.75, 3.05) is 13.1 Å². The number of hydrogen-bond donors (Lipinski definition) is 1. The molecule has 0 saturated carbocycles. The van der Waals surface area contributed by atoms with E-state index in [9.17, 15) is 23.9 Å². The minimum Gasteiger partial charge on any atom is -0.507 e. The summed E-state index contributed by atoms with van der Waals surface area (Å²) in [7, 11) is 0. The first-order chi connectivity index (χ1) is 20.9. The molecule has 1 fully saturated rings. The zero-order valence-corrected chi connectivity index (χ0v) is 27.2. The Balaban J connectivity index is 1.83. The number of carbonyl (C=O) groups is 1. The number of aromatic nitrogens is 4. The summed E-state index contributed by atoms with van der Waals surface area (Å²) in [6.45, 7) is 8.28. The summed E-state index contributed by atoms with van der Waals surface area (Å²) in [5, 5.41) is 10.8. The normalized spacial score (nSPS) is 14.8. The van der Waals surface area contributed by atoms with Gasteiger partial charge in [-0.3, -0.25) is 28.5 Å². The van der Waals surface area contributed by atoms with Crippen LogP contribution in [0.4, 0.5) is 8.78 Å². The van der Waals surface area contributed by atoms with Crippen molar-refractivity contribution in [3.8, 4) is 22.7 Å². The number of rotatable bonds is 7. The summed E-state index contributed by atoms with van der Waals surface area (Å²) in [6, 6.07) is 7.61. The summed E-state index contributed by atoms with van der Waals surface area (Å²) in [4.78, 5) is 50.7. The van der Waals surface area contributed by atoms with Gasteiger partial charge in [0.1, 0.15) is 5.75 Å². The molecule has 0 radical (unpaired) electrons. The van der Waals surface area contributed by atoms with E-state index in [0.29, 0.717) is 11.4 Å². The third-order valence-corrected chi connectivity index (χ3v) is 8.46. The monoisotopic (exact) mass is 659 g/mol. The molecule has 9 nitrogen and oxygen atoms in total. The minimum absolute atomic E-state index is 0.0268. The number of likely N-dealkylation sites (tertiary alicyclic amines) is 1. The van der Waals surface area contributed by atoms with Gasteiger partial charge in [0.05, 0.1) is 57.8 Å². The predicted octanol–water partition coefficient (Wildman–Crippen LogP) is 6.17. The van der Waals surface area contributed by atoms with Crippen LogP contribution in [0.3, 0.4) is 0 Å². The number of halogens is 4. The fourth-order valence-corrected chi connectivity index (χ4v) is 6.19. The van der Waals surface area contributed by atoms with Crippen LogP contribution in [-0.2, 0) is 11.3 Å². The van der Waals surface area contributed by atoms with Gasteiger partial charge in [-0.15, -0.1) is 0 Å². The van der Waals surface area contributed by atoms with Gasteiger partial charge in [-0.2, -0.15) is 0 Å². The van der Waals surface area contributed by atoms with Gasteiger partial charge in [-0.05, 0) is 55.5 Å². The van der Waals surface area contributed by atoms with Crippen LogP contribution in [0.25, 0.3) is 28.1 Å². The molecular formula is C32H33Cl2F2N5O4. The molecule has 45 heavy (non-hydrogen) atoms. The first-order valence-corrected chi connectivity index (χ1v) is 15.2. The molecular weight excluding hydrogens is 627 g/mol. The molecule has 13 heteroatoms. The molecule has 1 N–H and O–H groups in total. The van der Waals surface area contributed by atoms with Crippen LogP contribution in [0.1, 0.15) is 64.6 Å². The number of benzene rings is 1. The number of fused-ring (bicyclic) bond motifs is 1. The Hall–Kier alpha value is -3.83. The van der Waals surface area contributed by atoms with Crippen LogP contribution < -0.4 is 11.1 Å². The molecule has 3 aromatic heterocycles. The van der Waals surface area contributed by atoms with Crippen LogP contribution >= 0.6 is 23.2 Å². The van der Waals surface area contributed by atoms with E-state index < -0.39 is 48.0 Å². The van der Waals surface area contributed by atoms with Gasteiger partial charge in [-0.25, -0.2) is 13.8 Å². The number of amides is 1. The zero-order valence-electron chi connectivity index (χ0n) is 25.7. The van der Waals surface area contributed by atoms with Gasteiger partial charge in [0.25, 0.3) is 5.91 Å². The molecule has 1 aliphatic rings. The fraction of sp³-hybridized carbons (Fsp3) is 0.406. The Morgan fingerprint density at radius 3 is 2.31 bits per heavy atom. The van der Waals surface area contributed by atoms with Gasteiger partial charge in [-0.1, -0.05) is 57.0 Å². The molecule has 1 aliphatic heterocycles. The van der Waals surface area contributed by atoms with Crippen molar-refractivity contribution in [1.82, 2.24) is 24.0 Å². The number of aromatic hydroxyl groups is 1. The van der Waals surface area contributed by atoms with E-state index in [-0.39, 0.29) is 50.1 Å². The summed E-state index contributed by atoms with van der Waals surface area (Å²) in [5.74, 6) is -1.37. The number of carbonyl (C=O) groups excluding carboxylic acids is 1. The molecule has 238 valence electrons. The Morgan fingerprint density at radius 1 is 1.07 bits per heavy atom. The number of hydrogen-bond acceptors (Lipinski definition) is 6. The highest BCUT2D eigenvalue weighted by Crippen LogP contribution is 2.40. The van der Waals surface area contributed by atoms with Gasteiger partial charge in [0, 0.05) is 6.20 Å². The third-order valence-electron chi connectivity index (χ3n) is 7.86. The van der Waals surface area contributed by atoms with Gasteiger partial charge in [0.15, 0.2) is 17.0 Å². The second-order valence-corrected chi connectivity index (χ2v) is 13.4. The molecule has 0 spiro atoms. The first-order valence-electron chi connectivity index (χ1n) is 14.5.